The van der Waals surface area contributed by atoms with Gasteiger partial charge in [0, 0.05) is 17.3 Å². The van der Waals surface area contributed by atoms with E-state index >= 15 is 0 Å². The number of benzene rings is 4. The zero-order valence-electron chi connectivity index (χ0n) is 18.8. The van der Waals surface area contributed by atoms with Crippen molar-refractivity contribution in [2.75, 3.05) is 0 Å². The van der Waals surface area contributed by atoms with Crippen LogP contribution in [0.5, 0.6) is 0 Å². The van der Waals surface area contributed by atoms with Crippen molar-refractivity contribution in [3.63, 3.8) is 0 Å². The second kappa shape index (κ2) is 7.75. The molecule has 0 aliphatic rings. The van der Waals surface area contributed by atoms with Gasteiger partial charge in [-0.1, -0.05) is 66.7 Å². The maximum absolute atomic E-state index is 4.78. The summed E-state index contributed by atoms with van der Waals surface area (Å²) in [5.41, 5.74) is 12.1. The van der Waals surface area contributed by atoms with Crippen LogP contribution in [0.3, 0.4) is 0 Å². The van der Waals surface area contributed by atoms with E-state index in [4.69, 9.17) is 4.98 Å². The molecule has 0 saturated carbocycles. The molecule has 0 radical (unpaired) electrons. The summed E-state index contributed by atoms with van der Waals surface area (Å²) in [6.45, 7) is 4.39. The summed E-state index contributed by atoms with van der Waals surface area (Å²) in [6.07, 6.45) is 1.88. The molecule has 2 heterocycles. The van der Waals surface area contributed by atoms with Crippen molar-refractivity contribution in [3.8, 4) is 27.9 Å². The van der Waals surface area contributed by atoms with E-state index in [1.165, 1.54) is 44.3 Å². The summed E-state index contributed by atoms with van der Waals surface area (Å²) < 4.78 is 2.31. The van der Waals surface area contributed by atoms with Crippen LogP contribution < -0.4 is 0 Å². The predicted octanol–water partition coefficient (Wildman–Crippen LogP) is 8.13. The Morgan fingerprint density at radius 1 is 0.606 bits per heavy atom. The number of pyridine rings is 1. The average Bonchev–Trinajstić information content (AvgIpc) is 3.19. The SMILES string of the molecule is Cc1ccccc1-c1c(C)cccc1-c1ccc2c(c1)c1ncccc1n2-c1ccccc1. The Hall–Kier alpha value is -4.17. The first-order valence-electron chi connectivity index (χ1n) is 11.3. The van der Waals surface area contributed by atoms with Crippen LogP contribution in [0.25, 0.3) is 49.9 Å². The van der Waals surface area contributed by atoms with Crippen LogP contribution in [0, 0.1) is 13.8 Å². The Labute approximate surface area is 193 Å². The maximum Gasteiger partial charge on any atom is 0.0963 e. The zero-order chi connectivity index (χ0) is 22.4. The molecule has 2 heteroatoms. The number of nitrogens with zero attached hydrogens (tertiary/aromatic N) is 2. The Morgan fingerprint density at radius 3 is 2.21 bits per heavy atom. The predicted molar refractivity (Wildman–Crippen MR) is 139 cm³/mol. The largest absolute Gasteiger partial charge is 0.308 e. The van der Waals surface area contributed by atoms with Crippen molar-refractivity contribution >= 4 is 21.9 Å². The number of rotatable bonds is 3. The van der Waals surface area contributed by atoms with Crippen molar-refractivity contribution in [1.82, 2.24) is 9.55 Å². The van der Waals surface area contributed by atoms with Crippen molar-refractivity contribution in [2.24, 2.45) is 0 Å². The van der Waals surface area contributed by atoms with Gasteiger partial charge >= 0.3 is 0 Å². The first-order chi connectivity index (χ1) is 16.2. The standard InChI is InChI=1S/C31H24N2/c1-21-10-6-7-14-25(21)30-22(2)11-8-15-26(30)23-17-18-28-27(20-23)31-29(16-9-19-32-31)33(28)24-12-4-3-5-13-24/h3-20H,1-2H3. The van der Waals surface area contributed by atoms with Gasteiger partial charge in [-0.15, -0.1) is 0 Å². The minimum Gasteiger partial charge on any atom is -0.308 e. The van der Waals surface area contributed by atoms with Crippen LogP contribution >= 0.6 is 0 Å². The molecule has 0 bridgehead atoms. The van der Waals surface area contributed by atoms with Gasteiger partial charge in [0.15, 0.2) is 0 Å². The highest BCUT2D eigenvalue weighted by Crippen LogP contribution is 2.39. The summed E-state index contributed by atoms with van der Waals surface area (Å²) in [6, 6.07) is 36.7. The highest BCUT2D eigenvalue weighted by Gasteiger charge is 2.16. The lowest BCUT2D eigenvalue weighted by Crippen LogP contribution is -1.93. The molecule has 158 valence electrons. The fraction of sp³-hybridized carbons (Fsp3) is 0.0645. The normalized spacial score (nSPS) is 11.3. The van der Waals surface area contributed by atoms with Crippen LogP contribution in [0.2, 0.25) is 0 Å². The fourth-order valence-electron chi connectivity index (χ4n) is 4.98. The van der Waals surface area contributed by atoms with Crippen LogP contribution in [0.15, 0.2) is 109 Å². The van der Waals surface area contributed by atoms with Gasteiger partial charge in [-0.25, -0.2) is 0 Å². The summed E-state index contributed by atoms with van der Waals surface area (Å²) >= 11 is 0. The summed E-state index contributed by atoms with van der Waals surface area (Å²) in [5.74, 6) is 0. The highest BCUT2D eigenvalue weighted by atomic mass is 15.0. The zero-order valence-corrected chi connectivity index (χ0v) is 18.8. The Kier molecular flexibility index (Phi) is 4.58. The van der Waals surface area contributed by atoms with Gasteiger partial charge in [0.25, 0.3) is 0 Å². The molecule has 0 saturated heterocycles. The number of hydrogen-bond acceptors (Lipinski definition) is 1. The van der Waals surface area contributed by atoms with E-state index in [1.807, 2.05) is 12.3 Å². The van der Waals surface area contributed by atoms with Crippen molar-refractivity contribution in [3.05, 3.63) is 120 Å². The van der Waals surface area contributed by atoms with Gasteiger partial charge in [-0.05, 0) is 83.6 Å². The molecule has 0 N–H and O–H groups in total. The van der Waals surface area contributed by atoms with Gasteiger partial charge in [0.2, 0.25) is 0 Å². The molecular formula is C31H24N2. The monoisotopic (exact) mass is 424 g/mol. The second-order valence-electron chi connectivity index (χ2n) is 8.59. The molecule has 33 heavy (non-hydrogen) atoms. The third-order valence-corrected chi connectivity index (χ3v) is 6.53. The molecule has 0 aliphatic carbocycles. The number of para-hydroxylation sites is 1. The summed E-state index contributed by atoms with van der Waals surface area (Å²) in [7, 11) is 0. The Morgan fingerprint density at radius 2 is 1.36 bits per heavy atom. The molecule has 0 amide bonds. The van der Waals surface area contributed by atoms with Crippen LogP contribution in [-0.2, 0) is 0 Å². The molecule has 6 rings (SSSR count). The van der Waals surface area contributed by atoms with E-state index < -0.39 is 0 Å². The highest BCUT2D eigenvalue weighted by molar-refractivity contribution is 6.08. The molecule has 2 aromatic heterocycles. The number of hydrogen-bond donors (Lipinski definition) is 0. The average molecular weight is 425 g/mol. The summed E-state index contributed by atoms with van der Waals surface area (Å²) in [5, 5.41) is 1.17. The van der Waals surface area contributed by atoms with E-state index in [1.54, 1.807) is 0 Å². The smallest absolute Gasteiger partial charge is 0.0963 e. The van der Waals surface area contributed by atoms with Gasteiger partial charge in [0.05, 0.1) is 16.6 Å². The van der Waals surface area contributed by atoms with Crippen molar-refractivity contribution < 1.29 is 0 Å². The van der Waals surface area contributed by atoms with Gasteiger partial charge in [-0.2, -0.15) is 0 Å². The van der Waals surface area contributed by atoms with Crippen LogP contribution in [0.1, 0.15) is 11.1 Å². The molecule has 0 fully saturated rings. The minimum atomic E-state index is 1.03. The third-order valence-electron chi connectivity index (χ3n) is 6.53. The first-order valence-corrected chi connectivity index (χ1v) is 11.3. The molecule has 2 nitrogen and oxygen atoms in total. The molecule has 0 aliphatic heterocycles. The molecule has 4 aromatic carbocycles. The second-order valence-corrected chi connectivity index (χ2v) is 8.59. The number of aromatic nitrogens is 2. The van der Waals surface area contributed by atoms with Gasteiger partial charge < -0.3 is 4.57 Å². The Balaban J connectivity index is 1.64. The van der Waals surface area contributed by atoms with E-state index in [0.717, 1.165) is 16.7 Å². The van der Waals surface area contributed by atoms with Gasteiger partial charge in [-0.3, -0.25) is 4.98 Å². The van der Waals surface area contributed by atoms with Gasteiger partial charge in [0.1, 0.15) is 0 Å². The lowest BCUT2D eigenvalue weighted by atomic mass is 9.89. The molecule has 0 unspecified atom stereocenters. The van der Waals surface area contributed by atoms with Crippen LogP contribution in [-0.4, -0.2) is 9.55 Å². The van der Waals surface area contributed by atoms with Crippen molar-refractivity contribution in [2.45, 2.75) is 13.8 Å². The fourth-order valence-corrected chi connectivity index (χ4v) is 4.98. The lowest BCUT2D eigenvalue weighted by Gasteiger charge is -2.16. The topological polar surface area (TPSA) is 17.8 Å². The van der Waals surface area contributed by atoms with E-state index in [2.05, 4.69) is 115 Å². The van der Waals surface area contributed by atoms with E-state index in [0.29, 0.717) is 0 Å². The quantitative estimate of drug-likeness (QED) is 0.280. The third kappa shape index (κ3) is 3.15. The number of fused-ring (bicyclic) bond motifs is 3. The first kappa shape index (κ1) is 19.5. The van der Waals surface area contributed by atoms with Crippen LogP contribution in [0.4, 0.5) is 0 Å². The number of aryl methyl sites for hydroxylation is 2. The van der Waals surface area contributed by atoms with E-state index in [9.17, 15) is 0 Å². The summed E-state index contributed by atoms with van der Waals surface area (Å²) in [4.78, 5) is 4.78. The molecule has 0 spiro atoms. The molecular weight excluding hydrogens is 400 g/mol. The molecule has 6 aromatic rings. The molecule has 0 atom stereocenters. The minimum absolute atomic E-state index is 1.03. The van der Waals surface area contributed by atoms with Crippen molar-refractivity contribution in [1.29, 1.82) is 0 Å². The van der Waals surface area contributed by atoms with E-state index in [-0.39, 0.29) is 0 Å². The lowest BCUT2D eigenvalue weighted by molar-refractivity contribution is 1.18. The Bertz CT molecular complexity index is 1620. The maximum atomic E-state index is 4.78.